The Bertz CT molecular complexity index is 1510. The lowest BCUT2D eigenvalue weighted by Gasteiger charge is -2.32. The van der Waals surface area contributed by atoms with Crippen molar-refractivity contribution < 1.29 is 35.9 Å². The minimum atomic E-state index is -5.08. The van der Waals surface area contributed by atoms with E-state index in [1.54, 1.807) is 0 Å². The first-order valence-electron chi connectivity index (χ1n) is 12.6. The number of benzene rings is 1. The van der Waals surface area contributed by atoms with Crippen LogP contribution in [0.5, 0.6) is 0 Å². The van der Waals surface area contributed by atoms with Crippen molar-refractivity contribution in [2.75, 3.05) is 47.7 Å². The predicted octanol–water partition coefficient (Wildman–Crippen LogP) is 4.69. The van der Waals surface area contributed by atoms with E-state index in [1.807, 2.05) is 18.0 Å². The van der Waals surface area contributed by atoms with Crippen LogP contribution in [0.15, 0.2) is 46.1 Å². The minimum absolute atomic E-state index is 0.112. The zero-order valence-electron chi connectivity index (χ0n) is 22.2. The third-order valence-corrected chi connectivity index (χ3v) is 9.00. The van der Waals surface area contributed by atoms with Gasteiger partial charge < -0.3 is 14.9 Å². The van der Waals surface area contributed by atoms with Crippen molar-refractivity contribution in [3.05, 3.63) is 57.8 Å². The number of sulfonamides is 1. The highest BCUT2D eigenvalue weighted by atomic mass is 35.5. The van der Waals surface area contributed by atoms with Gasteiger partial charge in [0.05, 0.1) is 21.9 Å². The highest BCUT2D eigenvalue weighted by Crippen LogP contribution is 2.34. The van der Waals surface area contributed by atoms with Crippen LogP contribution in [-0.4, -0.2) is 79.8 Å². The Morgan fingerprint density at radius 3 is 2.57 bits per heavy atom. The number of alkyl halides is 3. The Hall–Kier alpha value is -3.21. The lowest BCUT2D eigenvalue weighted by molar-refractivity contribution is -0.192. The molecule has 1 atom stereocenters. The first kappa shape index (κ1) is 31.7. The Balaban J connectivity index is 0.000000517. The van der Waals surface area contributed by atoms with Crippen molar-refractivity contribution in [3.63, 3.8) is 0 Å². The number of carboxylic acids is 1. The largest absolute Gasteiger partial charge is 0.490 e. The number of likely N-dealkylation sites (tertiary alicyclic amines) is 1. The number of hydrogen-bond donors (Lipinski definition) is 2. The van der Waals surface area contributed by atoms with Crippen LogP contribution in [0.1, 0.15) is 18.5 Å². The summed E-state index contributed by atoms with van der Waals surface area (Å²) in [7, 11) is -2.29. The summed E-state index contributed by atoms with van der Waals surface area (Å²) >= 11 is 7.69. The van der Waals surface area contributed by atoms with Crippen molar-refractivity contribution in [2.24, 2.45) is 0 Å². The molecule has 2 N–H and O–H groups in total. The van der Waals surface area contributed by atoms with Crippen molar-refractivity contribution >= 4 is 56.3 Å². The number of nitrogens with zero attached hydrogens (tertiary/aromatic N) is 5. The molecule has 0 aliphatic carbocycles. The number of rotatable bonds is 8. The van der Waals surface area contributed by atoms with Crippen molar-refractivity contribution in [3.8, 4) is 0 Å². The quantitative estimate of drug-likeness (QED) is 0.335. The molecule has 1 aromatic carbocycles. The van der Waals surface area contributed by atoms with Crippen LogP contribution < -0.4 is 14.5 Å². The molecule has 2 aliphatic heterocycles. The van der Waals surface area contributed by atoms with Gasteiger partial charge in [-0.2, -0.15) is 13.2 Å². The highest BCUT2D eigenvalue weighted by molar-refractivity contribution is 7.92. The van der Waals surface area contributed by atoms with Crippen LogP contribution in [0.3, 0.4) is 0 Å². The number of likely N-dealkylation sites (N-methyl/N-ethyl adjacent to an activating group) is 1. The van der Waals surface area contributed by atoms with Crippen molar-refractivity contribution in [1.82, 2.24) is 14.9 Å². The zero-order chi connectivity index (χ0) is 30.7. The number of nitrogens with one attached hydrogen (secondary N) is 1. The smallest absolute Gasteiger partial charge is 0.475 e. The molecule has 42 heavy (non-hydrogen) atoms. The highest BCUT2D eigenvalue weighted by Gasteiger charge is 2.38. The first-order chi connectivity index (χ1) is 19.7. The summed E-state index contributed by atoms with van der Waals surface area (Å²) < 4.78 is 74.3. The molecular weight excluding hydrogens is 624 g/mol. The summed E-state index contributed by atoms with van der Waals surface area (Å²) in [6.07, 6.45) is -2.99. The number of carbonyl (C=O) groups is 1. The van der Waals surface area contributed by atoms with E-state index in [2.05, 4.69) is 31.6 Å². The number of thiazole rings is 1. The van der Waals surface area contributed by atoms with Gasteiger partial charge in [-0.15, -0.1) is 11.3 Å². The van der Waals surface area contributed by atoms with Gasteiger partial charge in [0, 0.05) is 57.3 Å². The van der Waals surface area contributed by atoms with Gasteiger partial charge >= 0.3 is 12.1 Å². The van der Waals surface area contributed by atoms with Crippen LogP contribution in [0.4, 0.5) is 34.9 Å². The molecule has 4 heterocycles. The number of pyridine rings is 1. The monoisotopic (exact) mass is 650 g/mol. The van der Waals surface area contributed by atoms with Gasteiger partial charge in [0.25, 0.3) is 10.0 Å². The molecule has 5 rings (SSSR count). The van der Waals surface area contributed by atoms with E-state index >= 15 is 0 Å². The normalized spacial score (nSPS) is 17.3. The molecule has 10 nitrogen and oxygen atoms in total. The number of hydrogen-bond acceptors (Lipinski definition) is 9. The second kappa shape index (κ2) is 13.0. The summed E-state index contributed by atoms with van der Waals surface area (Å²) in [5, 5.41) is 8.83. The molecule has 228 valence electrons. The van der Waals surface area contributed by atoms with Crippen LogP contribution in [-0.2, 0) is 21.4 Å². The van der Waals surface area contributed by atoms with E-state index in [1.165, 1.54) is 34.7 Å². The van der Waals surface area contributed by atoms with Gasteiger partial charge in [0.2, 0.25) is 0 Å². The molecule has 2 aliphatic rings. The minimum Gasteiger partial charge on any atom is -0.475 e. The third-order valence-electron chi connectivity index (χ3n) is 6.74. The van der Waals surface area contributed by atoms with Crippen LogP contribution in [0, 0.1) is 5.82 Å². The molecule has 0 bridgehead atoms. The topological polar surface area (TPSA) is 119 Å². The molecule has 0 saturated carbocycles. The number of halogens is 5. The second-order valence-electron chi connectivity index (χ2n) is 9.63. The molecule has 2 saturated heterocycles. The maximum atomic E-state index is 15.0. The lowest BCUT2D eigenvalue weighted by Crippen LogP contribution is -2.38. The van der Waals surface area contributed by atoms with Gasteiger partial charge in [-0.25, -0.2) is 27.6 Å². The number of aromatic nitrogens is 2. The number of carboxylic acid groups (broad SMARTS) is 1. The predicted molar refractivity (Wildman–Crippen MR) is 151 cm³/mol. The van der Waals surface area contributed by atoms with Crippen molar-refractivity contribution in [1.29, 1.82) is 0 Å². The fourth-order valence-corrected chi connectivity index (χ4v) is 6.43. The standard InChI is InChI=1S/C23H26ClFN6O2S2.C2HF3O2/c1-29(17-6-9-30(13-17)12-16-4-2-5-23(27-16)31-7-3-8-31)20-11-19(25)21(10-18(20)24)35(32,33)28-22-14-34-15-26-22;3-2(4,5)1(6)7/h2,4-5,10-11,14-15,17,28H,3,6-9,12-13H2,1H3;(H,6,7). The van der Waals surface area contributed by atoms with Crippen LogP contribution in [0.2, 0.25) is 5.02 Å². The lowest BCUT2D eigenvalue weighted by atomic mass is 10.2. The SMILES string of the molecule is CN(c1cc(F)c(S(=O)(=O)Nc2cscn2)cc1Cl)C1CCN(Cc2cccc(N3CCC3)n2)C1.O=C(O)C(F)(F)F. The fraction of sp³-hybridized carbons (Fsp3) is 0.400. The van der Waals surface area contributed by atoms with Gasteiger partial charge in [-0.3, -0.25) is 9.62 Å². The first-order valence-corrected chi connectivity index (χ1v) is 15.4. The number of aliphatic carboxylic acids is 1. The Morgan fingerprint density at radius 1 is 1.26 bits per heavy atom. The van der Waals surface area contributed by atoms with Gasteiger partial charge in [0.15, 0.2) is 5.82 Å². The van der Waals surface area contributed by atoms with E-state index in [9.17, 15) is 26.0 Å². The van der Waals surface area contributed by atoms with E-state index < -0.39 is 32.9 Å². The van der Waals surface area contributed by atoms with Gasteiger partial charge in [-0.05, 0) is 31.0 Å². The Morgan fingerprint density at radius 2 is 1.98 bits per heavy atom. The summed E-state index contributed by atoms with van der Waals surface area (Å²) in [5.41, 5.74) is 2.98. The molecule has 0 radical (unpaired) electrons. The van der Waals surface area contributed by atoms with E-state index in [0.717, 1.165) is 56.7 Å². The summed E-state index contributed by atoms with van der Waals surface area (Å²) in [4.78, 5) is 23.6. The third kappa shape index (κ3) is 7.79. The number of anilines is 3. The fourth-order valence-electron chi connectivity index (χ4n) is 4.42. The average Bonchev–Trinajstić information content (AvgIpc) is 3.56. The molecule has 0 spiro atoms. The van der Waals surface area contributed by atoms with Gasteiger partial charge in [-0.1, -0.05) is 17.7 Å². The summed E-state index contributed by atoms with van der Waals surface area (Å²) in [5.74, 6) is -2.45. The molecule has 2 fully saturated rings. The maximum absolute atomic E-state index is 15.0. The molecule has 0 amide bonds. The zero-order valence-corrected chi connectivity index (χ0v) is 24.6. The molecule has 2 aromatic heterocycles. The second-order valence-corrected chi connectivity index (χ2v) is 12.4. The van der Waals surface area contributed by atoms with E-state index in [4.69, 9.17) is 26.5 Å². The summed E-state index contributed by atoms with van der Waals surface area (Å²) in [6, 6.07) is 8.62. The molecular formula is C25H27ClF4N6O4S2. The van der Waals surface area contributed by atoms with Crippen LogP contribution >= 0.6 is 22.9 Å². The Labute approximate surface area is 248 Å². The van der Waals surface area contributed by atoms with E-state index in [0.29, 0.717) is 5.69 Å². The molecule has 3 aromatic rings. The van der Waals surface area contributed by atoms with Crippen molar-refractivity contribution in [2.45, 2.75) is 36.5 Å². The summed E-state index contributed by atoms with van der Waals surface area (Å²) in [6.45, 7) is 4.52. The maximum Gasteiger partial charge on any atom is 0.490 e. The molecule has 1 unspecified atom stereocenters. The van der Waals surface area contributed by atoms with Crippen LogP contribution in [0.25, 0.3) is 0 Å². The average molecular weight is 651 g/mol. The van der Waals surface area contributed by atoms with E-state index in [-0.39, 0.29) is 16.9 Å². The van der Waals surface area contributed by atoms with Gasteiger partial charge in [0.1, 0.15) is 16.5 Å². The molecule has 17 heteroatoms. The Kier molecular flexibility index (Phi) is 9.80.